The average Bonchev–Trinajstić information content (AvgIpc) is 2.30. The number of ether oxygens (including phenoxy) is 1. The maximum Gasteiger partial charge on any atom is 0.0955 e. The SMILES string of the molecule is CCC1(C)COC(c2c(C)cc(C)cc2C)CN1. The van der Waals surface area contributed by atoms with Crippen molar-refractivity contribution in [3.05, 3.63) is 34.4 Å². The zero-order valence-corrected chi connectivity index (χ0v) is 12.3. The third-order valence-corrected chi connectivity index (χ3v) is 4.16. The Hall–Kier alpha value is -0.860. The summed E-state index contributed by atoms with van der Waals surface area (Å²) in [5.41, 5.74) is 5.53. The monoisotopic (exact) mass is 247 g/mol. The van der Waals surface area contributed by atoms with Gasteiger partial charge in [0.2, 0.25) is 0 Å². The number of morpholine rings is 1. The molecule has 0 radical (unpaired) electrons. The highest BCUT2D eigenvalue weighted by atomic mass is 16.5. The lowest BCUT2D eigenvalue weighted by Gasteiger charge is -2.39. The Balaban J connectivity index is 2.20. The Kier molecular flexibility index (Phi) is 3.79. The summed E-state index contributed by atoms with van der Waals surface area (Å²) in [4.78, 5) is 0. The summed E-state index contributed by atoms with van der Waals surface area (Å²) in [6, 6.07) is 4.50. The van der Waals surface area contributed by atoms with Gasteiger partial charge < -0.3 is 10.1 Å². The van der Waals surface area contributed by atoms with E-state index in [9.17, 15) is 0 Å². The van der Waals surface area contributed by atoms with Crippen LogP contribution >= 0.6 is 0 Å². The fraction of sp³-hybridized carbons (Fsp3) is 0.625. The van der Waals surface area contributed by atoms with Gasteiger partial charge >= 0.3 is 0 Å². The van der Waals surface area contributed by atoms with Crippen molar-refractivity contribution < 1.29 is 4.74 Å². The fourth-order valence-corrected chi connectivity index (χ4v) is 2.85. The quantitative estimate of drug-likeness (QED) is 0.864. The zero-order valence-electron chi connectivity index (χ0n) is 12.3. The molecule has 1 N–H and O–H groups in total. The number of hydrogen-bond donors (Lipinski definition) is 1. The van der Waals surface area contributed by atoms with Gasteiger partial charge in [-0.3, -0.25) is 0 Å². The normalized spacial score (nSPS) is 28.4. The van der Waals surface area contributed by atoms with E-state index in [1.807, 2.05) is 0 Å². The van der Waals surface area contributed by atoms with Gasteiger partial charge in [0.1, 0.15) is 0 Å². The highest BCUT2D eigenvalue weighted by Gasteiger charge is 2.31. The van der Waals surface area contributed by atoms with Gasteiger partial charge in [0, 0.05) is 12.1 Å². The molecule has 1 heterocycles. The number of aryl methyl sites for hydroxylation is 3. The Labute approximate surface area is 111 Å². The molecule has 100 valence electrons. The predicted octanol–water partition coefficient (Wildman–Crippen LogP) is 3.44. The molecule has 2 rings (SSSR count). The fourth-order valence-electron chi connectivity index (χ4n) is 2.85. The van der Waals surface area contributed by atoms with Gasteiger partial charge in [-0.1, -0.05) is 24.6 Å². The summed E-state index contributed by atoms with van der Waals surface area (Å²) in [7, 11) is 0. The summed E-state index contributed by atoms with van der Waals surface area (Å²) in [6.07, 6.45) is 1.30. The van der Waals surface area contributed by atoms with Crippen LogP contribution in [0.3, 0.4) is 0 Å². The van der Waals surface area contributed by atoms with Crippen molar-refractivity contribution in [3.8, 4) is 0 Å². The van der Waals surface area contributed by atoms with Crippen LogP contribution in [0.4, 0.5) is 0 Å². The van der Waals surface area contributed by atoms with Crippen molar-refractivity contribution in [1.29, 1.82) is 0 Å². The molecule has 1 fully saturated rings. The standard InChI is InChI=1S/C16H25NO/c1-6-16(5)10-18-14(9-17-16)15-12(3)7-11(2)8-13(15)4/h7-8,14,17H,6,9-10H2,1-5H3. The van der Waals surface area contributed by atoms with Gasteiger partial charge in [-0.05, 0) is 50.8 Å². The van der Waals surface area contributed by atoms with E-state index in [-0.39, 0.29) is 11.6 Å². The summed E-state index contributed by atoms with van der Waals surface area (Å²) in [5.74, 6) is 0. The molecule has 1 saturated heterocycles. The molecule has 1 aromatic carbocycles. The van der Waals surface area contributed by atoms with Crippen LogP contribution in [-0.4, -0.2) is 18.7 Å². The van der Waals surface area contributed by atoms with E-state index in [4.69, 9.17) is 4.74 Å². The topological polar surface area (TPSA) is 21.3 Å². The van der Waals surface area contributed by atoms with Crippen LogP contribution in [-0.2, 0) is 4.74 Å². The van der Waals surface area contributed by atoms with Crippen LogP contribution < -0.4 is 5.32 Å². The van der Waals surface area contributed by atoms with Crippen molar-refractivity contribution in [1.82, 2.24) is 5.32 Å². The second-order valence-electron chi connectivity index (χ2n) is 5.91. The molecule has 2 atom stereocenters. The van der Waals surface area contributed by atoms with E-state index >= 15 is 0 Å². The van der Waals surface area contributed by atoms with Crippen LogP contribution in [0.2, 0.25) is 0 Å². The van der Waals surface area contributed by atoms with Gasteiger partial charge in [-0.25, -0.2) is 0 Å². The van der Waals surface area contributed by atoms with E-state index in [2.05, 4.69) is 52.1 Å². The number of rotatable bonds is 2. The summed E-state index contributed by atoms with van der Waals surface area (Å²) >= 11 is 0. The third-order valence-electron chi connectivity index (χ3n) is 4.16. The Morgan fingerprint density at radius 1 is 1.28 bits per heavy atom. The maximum absolute atomic E-state index is 6.11. The van der Waals surface area contributed by atoms with Crippen LogP contribution in [0.15, 0.2) is 12.1 Å². The van der Waals surface area contributed by atoms with Crippen molar-refractivity contribution in [3.63, 3.8) is 0 Å². The minimum atomic E-state index is 0.142. The Morgan fingerprint density at radius 3 is 2.33 bits per heavy atom. The smallest absolute Gasteiger partial charge is 0.0955 e. The Bertz CT molecular complexity index is 408. The minimum Gasteiger partial charge on any atom is -0.370 e. The van der Waals surface area contributed by atoms with E-state index in [1.165, 1.54) is 22.3 Å². The lowest BCUT2D eigenvalue weighted by atomic mass is 9.92. The molecule has 0 amide bonds. The van der Waals surface area contributed by atoms with Crippen molar-refractivity contribution in [2.24, 2.45) is 0 Å². The highest BCUT2D eigenvalue weighted by molar-refractivity contribution is 5.39. The average molecular weight is 247 g/mol. The molecular weight excluding hydrogens is 222 g/mol. The van der Waals surface area contributed by atoms with E-state index in [0.717, 1.165) is 19.6 Å². The van der Waals surface area contributed by atoms with Crippen molar-refractivity contribution in [2.45, 2.75) is 52.7 Å². The van der Waals surface area contributed by atoms with E-state index in [0.29, 0.717) is 0 Å². The number of nitrogens with one attached hydrogen (secondary N) is 1. The zero-order chi connectivity index (χ0) is 13.3. The van der Waals surface area contributed by atoms with Crippen molar-refractivity contribution >= 4 is 0 Å². The largest absolute Gasteiger partial charge is 0.370 e. The first-order valence-corrected chi connectivity index (χ1v) is 6.89. The molecule has 18 heavy (non-hydrogen) atoms. The second-order valence-corrected chi connectivity index (χ2v) is 5.91. The van der Waals surface area contributed by atoms with Gasteiger partial charge in [0.15, 0.2) is 0 Å². The first kappa shape index (κ1) is 13.6. The summed E-state index contributed by atoms with van der Waals surface area (Å²) in [5, 5.41) is 3.64. The van der Waals surface area contributed by atoms with Crippen LogP contribution in [0.1, 0.15) is 48.6 Å². The summed E-state index contributed by atoms with van der Waals surface area (Å²) < 4.78 is 6.11. The van der Waals surface area contributed by atoms with Crippen LogP contribution in [0, 0.1) is 20.8 Å². The highest BCUT2D eigenvalue weighted by Crippen LogP contribution is 2.30. The number of benzene rings is 1. The van der Waals surface area contributed by atoms with Crippen LogP contribution in [0.25, 0.3) is 0 Å². The first-order chi connectivity index (χ1) is 8.45. The molecule has 0 spiro atoms. The molecule has 0 aliphatic carbocycles. The molecule has 2 nitrogen and oxygen atoms in total. The molecule has 1 aliphatic heterocycles. The molecule has 2 heteroatoms. The van der Waals surface area contributed by atoms with Gasteiger partial charge in [-0.15, -0.1) is 0 Å². The van der Waals surface area contributed by atoms with Gasteiger partial charge in [0.05, 0.1) is 12.7 Å². The molecule has 1 aliphatic rings. The second kappa shape index (κ2) is 5.02. The predicted molar refractivity (Wildman–Crippen MR) is 76.0 cm³/mol. The number of hydrogen-bond acceptors (Lipinski definition) is 2. The van der Waals surface area contributed by atoms with Crippen molar-refractivity contribution in [2.75, 3.05) is 13.2 Å². The first-order valence-electron chi connectivity index (χ1n) is 6.89. The minimum absolute atomic E-state index is 0.142. The molecule has 1 aromatic rings. The van der Waals surface area contributed by atoms with Gasteiger partial charge in [-0.2, -0.15) is 0 Å². The molecular formula is C16H25NO. The molecule has 0 saturated carbocycles. The lowest BCUT2D eigenvalue weighted by Crippen LogP contribution is -2.52. The van der Waals surface area contributed by atoms with Gasteiger partial charge in [0.25, 0.3) is 0 Å². The third kappa shape index (κ3) is 2.60. The summed E-state index contributed by atoms with van der Waals surface area (Å²) in [6.45, 7) is 12.7. The van der Waals surface area contributed by atoms with E-state index < -0.39 is 0 Å². The van der Waals surface area contributed by atoms with Crippen LogP contribution in [0.5, 0.6) is 0 Å². The Morgan fingerprint density at radius 2 is 1.89 bits per heavy atom. The maximum atomic E-state index is 6.11. The molecule has 2 unspecified atom stereocenters. The van der Waals surface area contributed by atoms with E-state index in [1.54, 1.807) is 0 Å². The molecule has 0 bridgehead atoms. The lowest BCUT2D eigenvalue weighted by molar-refractivity contribution is -0.0304. The molecule has 0 aromatic heterocycles.